The predicted molar refractivity (Wildman–Crippen MR) is 73.7 cm³/mol. The standard InChI is InChI=1S/C13H21FN2S/c1-16(10-12(15)7-8-17-2)9-11-5-3-4-6-13(11)14/h3-6,12H,7-10,15H2,1-2H3/t12-/m0/s1. The molecular formula is C13H21FN2S. The van der Waals surface area contributed by atoms with Crippen molar-refractivity contribution in [2.45, 2.75) is 19.0 Å². The number of rotatable bonds is 7. The van der Waals surface area contributed by atoms with Gasteiger partial charge in [0.05, 0.1) is 0 Å². The van der Waals surface area contributed by atoms with Gasteiger partial charge in [0, 0.05) is 24.7 Å². The highest BCUT2D eigenvalue weighted by molar-refractivity contribution is 7.98. The van der Waals surface area contributed by atoms with E-state index in [2.05, 4.69) is 11.2 Å². The van der Waals surface area contributed by atoms with Crippen LogP contribution in [0.2, 0.25) is 0 Å². The molecule has 0 saturated carbocycles. The summed E-state index contributed by atoms with van der Waals surface area (Å²) in [4.78, 5) is 2.07. The van der Waals surface area contributed by atoms with Crippen molar-refractivity contribution in [2.75, 3.05) is 25.6 Å². The topological polar surface area (TPSA) is 29.3 Å². The summed E-state index contributed by atoms with van der Waals surface area (Å²) in [5, 5.41) is 0. The van der Waals surface area contributed by atoms with E-state index in [4.69, 9.17) is 5.73 Å². The molecule has 0 aliphatic carbocycles. The number of likely N-dealkylation sites (N-methyl/N-ethyl adjacent to an activating group) is 1. The van der Waals surface area contributed by atoms with Gasteiger partial charge in [-0.25, -0.2) is 4.39 Å². The second-order valence-corrected chi connectivity index (χ2v) is 5.32. The van der Waals surface area contributed by atoms with Crippen molar-refractivity contribution in [1.82, 2.24) is 4.90 Å². The largest absolute Gasteiger partial charge is 0.327 e. The molecule has 96 valence electrons. The molecule has 1 aromatic carbocycles. The molecule has 1 aromatic rings. The van der Waals surface area contributed by atoms with Gasteiger partial charge < -0.3 is 10.6 Å². The maximum absolute atomic E-state index is 13.4. The highest BCUT2D eigenvalue weighted by atomic mass is 32.2. The fourth-order valence-electron chi connectivity index (χ4n) is 1.74. The Morgan fingerprint density at radius 2 is 2.12 bits per heavy atom. The molecule has 0 radical (unpaired) electrons. The first-order valence-corrected chi connectivity index (χ1v) is 7.19. The van der Waals surface area contributed by atoms with Crippen molar-refractivity contribution in [3.05, 3.63) is 35.6 Å². The lowest BCUT2D eigenvalue weighted by Gasteiger charge is -2.21. The molecule has 0 spiro atoms. The summed E-state index contributed by atoms with van der Waals surface area (Å²) in [6, 6.07) is 7.05. The van der Waals surface area contributed by atoms with E-state index in [-0.39, 0.29) is 11.9 Å². The van der Waals surface area contributed by atoms with E-state index in [9.17, 15) is 4.39 Å². The summed E-state index contributed by atoms with van der Waals surface area (Å²) < 4.78 is 13.4. The molecule has 2 nitrogen and oxygen atoms in total. The molecule has 0 aliphatic rings. The first-order valence-electron chi connectivity index (χ1n) is 5.80. The average Bonchev–Trinajstić information content (AvgIpc) is 2.29. The van der Waals surface area contributed by atoms with Crippen molar-refractivity contribution >= 4 is 11.8 Å². The highest BCUT2D eigenvalue weighted by Crippen LogP contribution is 2.09. The van der Waals surface area contributed by atoms with Crippen LogP contribution in [0.5, 0.6) is 0 Å². The molecule has 0 saturated heterocycles. The molecular weight excluding hydrogens is 235 g/mol. The first kappa shape index (κ1) is 14.5. The molecule has 0 aliphatic heterocycles. The zero-order chi connectivity index (χ0) is 12.7. The minimum Gasteiger partial charge on any atom is -0.327 e. The molecule has 0 bridgehead atoms. The molecule has 1 atom stereocenters. The van der Waals surface area contributed by atoms with Gasteiger partial charge in [0.15, 0.2) is 0 Å². The Hall–Kier alpha value is -0.580. The Labute approximate surface area is 107 Å². The molecule has 0 amide bonds. The van der Waals surface area contributed by atoms with Crippen molar-refractivity contribution in [3.63, 3.8) is 0 Å². The van der Waals surface area contributed by atoms with Crippen LogP contribution in [0.3, 0.4) is 0 Å². The quantitative estimate of drug-likeness (QED) is 0.812. The summed E-state index contributed by atoms with van der Waals surface area (Å²) in [7, 11) is 1.98. The molecule has 0 heterocycles. The van der Waals surface area contributed by atoms with Crippen LogP contribution < -0.4 is 5.73 Å². The fourth-order valence-corrected chi connectivity index (χ4v) is 2.28. The average molecular weight is 256 g/mol. The van der Waals surface area contributed by atoms with Gasteiger partial charge in [-0.1, -0.05) is 18.2 Å². The summed E-state index contributed by atoms with van der Waals surface area (Å²) in [5.41, 5.74) is 6.73. The van der Waals surface area contributed by atoms with E-state index in [0.29, 0.717) is 6.54 Å². The number of nitrogens with two attached hydrogens (primary N) is 1. The summed E-state index contributed by atoms with van der Waals surface area (Å²) in [5.74, 6) is 0.936. The van der Waals surface area contributed by atoms with E-state index in [1.807, 2.05) is 19.2 Å². The number of benzene rings is 1. The Bertz CT molecular complexity index is 333. The third-order valence-electron chi connectivity index (χ3n) is 2.64. The summed E-state index contributed by atoms with van der Waals surface area (Å²) in [6.07, 6.45) is 3.08. The molecule has 4 heteroatoms. The van der Waals surface area contributed by atoms with Crippen LogP contribution in [0, 0.1) is 5.82 Å². The minimum absolute atomic E-state index is 0.142. The monoisotopic (exact) mass is 256 g/mol. The van der Waals surface area contributed by atoms with Crippen LogP contribution >= 0.6 is 11.8 Å². The van der Waals surface area contributed by atoms with Crippen LogP contribution in [0.15, 0.2) is 24.3 Å². The summed E-state index contributed by atoms with van der Waals surface area (Å²) in [6.45, 7) is 1.41. The van der Waals surface area contributed by atoms with Gasteiger partial charge in [-0.15, -0.1) is 0 Å². The number of hydrogen-bond acceptors (Lipinski definition) is 3. The Morgan fingerprint density at radius 3 is 2.76 bits per heavy atom. The zero-order valence-corrected chi connectivity index (χ0v) is 11.3. The number of thioether (sulfide) groups is 1. The number of halogens is 1. The van der Waals surface area contributed by atoms with Crippen molar-refractivity contribution in [1.29, 1.82) is 0 Å². The highest BCUT2D eigenvalue weighted by Gasteiger charge is 2.09. The smallest absolute Gasteiger partial charge is 0.127 e. The third-order valence-corrected chi connectivity index (χ3v) is 3.28. The SMILES string of the molecule is CSCC[C@H](N)CN(C)Cc1ccccc1F. The van der Waals surface area contributed by atoms with Crippen molar-refractivity contribution in [3.8, 4) is 0 Å². The van der Waals surface area contributed by atoms with Gasteiger partial charge in [0.2, 0.25) is 0 Å². The van der Waals surface area contributed by atoms with Crippen LogP contribution in [0.25, 0.3) is 0 Å². The van der Waals surface area contributed by atoms with Gasteiger partial charge >= 0.3 is 0 Å². The maximum Gasteiger partial charge on any atom is 0.127 e. The molecule has 1 rings (SSSR count). The van der Waals surface area contributed by atoms with Crippen LogP contribution in [-0.2, 0) is 6.54 Å². The lowest BCUT2D eigenvalue weighted by atomic mass is 10.2. The maximum atomic E-state index is 13.4. The van der Waals surface area contributed by atoms with Crippen LogP contribution in [-0.4, -0.2) is 36.5 Å². The normalized spacial score (nSPS) is 13.0. The van der Waals surface area contributed by atoms with E-state index in [0.717, 1.165) is 24.3 Å². The van der Waals surface area contributed by atoms with Gasteiger partial charge in [-0.05, 0) is 31.5 Å². The van der Waals surface area contributed by atoms with Gasteiger partial charge in [0.25, 0.3) is 0 Å². The lowest BCUT2D eigenvalue weighted by molar-refractivity contribution is 0.296. The first-order chi connectivity index (χ1) is 8.13. The van der Waals surface area contributed by atoms with Gasteiger partial charge in [0.1, 0.15) is 5.82 Å². The molecule has 0 unspecified atom stereocenters. The van der Waals surface area contributed by atoms with Gasteiger partial charge in [-0.3, -0.25) is 0 Å². The predicted octanol–water partition coefficient (Wildman–Crippen LogP) is 2.34. The fraction of sp³-hybridized carbons (Fsp3) is 0.538. The second-order valence-electron chi connectivity index (χ2n) is 4.33. The van der Waals surface area contributed by atoms with Gasteiger partial charge in [-0.2, -0.15) is 11.8 Å². The van der Waals surface area contributed by atoms with E-state index < -0.39 is 0 Å². The van der Waals surface area contributed by atoms with Crippen molar-refractivity contribution < 1.29 is 4.39 Å². The lowest BCUT2D eigenvalue weighted by Crippen LogP contribution is -2.35. The Morgan fingerprint density at radius 1 is 1.41 bits per heavy atom. The van der Waals surface area contributed by atoms with Crippen LogP contribution in [0.1, 0.15) is 12.0 Å². The Kier molecular flexibility index (Phi) is 6.55. The zero-order valence-electron chi connectivity index (χ0n) is 10.5. The molecule has 0 fully saturated rings. The molecule has 0 aromatic heterocycles. The van der Waals surface area contributed by atoms with Crippen molar-refractivity contribution in [2.24, 2.45) is 5.73 Å². The van der Waals surface area contributed by atoms with E-state index >= 15 is 0 Å². The number of hydrogen-bond donors (Lipinski definition) is 1. The van der Waals surface area contributed by atoms with E-state index in [1.54, 1.807) is 17.8 Å². The second kappa shape index (κ2) is 7.69. The summed E-state index contributed by atoms with van der Waals surface area (Å²) >= 11 is 1.80. The molecule has 2 N–H and O–H groups in total. The van der Waals surface area contributed by atoms with Crippen LogP contribution in [0.4, 0.5) is 4.39 Å². The number of nitrogens with zero attached hydrogens (tertiary/aromatic N) is 1. The minimum atomic E-state index is -0.142. The third kappa shape index (κ3) is 5.52. The van der Waals surface area contributed by atoms with E-state index in [1.165, 1.54) is 6.07 Å². The molecule has 17 heavy (non-hydrogen) atoms. The Balaban J connectivity index is 2.39.